The minimum absolute atomic E-state index is 0.0255. The molecule has 3 rings (SSSR count). The van der Waals surface area contributed by atoms with Crippen molar-refractivity contribution >= 4 is 27.2 Å². The Labute approximate surface area is 151 Å². The molecule has 0 aliphatic rings. The first kappa shape index (κ1) is 17.6. The quantitative estimate of drug-likeness (QED) is 0.695. The van der Waals surface area contributed by atoms with E-state index in [9.17, 15) is 8.42 Å². The third-order valence-electron chi connectivity index (χ3n) is 3.96. The monoisotopic (exact) mass is 374 g/mol. The molecule has 0 aliphatic heterocycles. The van der Waals surface area contributed by atoms with Crippen LogP contribution in [0.15, 0.2) is 65.0 Å². The Hall–Kier alpha value is -2.22. The van der Waals surface area contributed by atoms with Crippen molar-refractivity contribution in [3.63, 3.8) is 0 Å². The van der Waals surface area contributed by atoms with E-state index in [1.165, 1.54) is 22.7 Å². The highest BCUT2D eigenvalue weighted by molar-refractivity contribution is 7.89. The lowest BCUT2D eigenvalue weighted by Crippen LogP contribution is -2.21. The van der Waals surface area contributed by atoms with Crippen molar-refractivity contribution < 1.29 is 13.4 Å². The number of rotatable bonds is 6. The van der Waals surface area contributed by atoms with Gasteiger partial charge in [0, 0.05) is 11.6 Å². The second-order valence-corrected chi connectivity index (χ2v) is 8.21. The summed E-state index contributed by atoms with van der Waals surface area (Å²) in [6, 6.07) is 15.7. The maximum absolute atomic E-state index is 11.4. The smallest absolute Gasteiger partial charge is 0.262 e. The molecule has 0 fully saturated rings. The van der Waals surface area contributed by atoms with E-state index < -0.39 is 10.0 Å². The molecule has 0 aliphatic carbocycles. The van der Waals surface area contributed by atoms with Crippen LogP contribution in [0.1, 0.15) is 29.0 Å². The van der Waals surface area contributed by atoms with Crippen LogP contribution in [0.2, 0.25) is 0 Å². The number of nitrogens with two attached hydrogens (primary N) is 1. The Kier molecular flexibility index (Phi) is 5.17. The second-order valence-electron chi connectivity index (χ2n) is 5.67. The topological polar surface area (TPSA) is 86.3 Å². The number of nitrogens with one attached hydrogen (secondary N) is 2. The molecule has 0 bridgehead atoms. The number of sulfonamides is 1. The molecule has 2 heterocycles. The average molecular weight is 375 g/mol. The minimum atomic E-state index is -3.71. The zero-order chi connectivity index (χ0) is 17.9. The molecule has 0 saturated carbocycles. The van der Waals surface area contributed by atoms with Crippen molar-refractivity contribution in [1.29, 1.82) is 0 Å². The van der Waals surface area contributed by atoms with Crippen LogP contribution >= 0.6 is 11.3 Å². The molecule has 0 radical (unpaired) electrons. The number of aromatic amines is 1. The second kappa shape index (κ2) is 7.35. The van der Waals surface area contributed by atoms with Crippen LogP contribution in [-0.2, 0) is 16.4 Å². The Morgan fingerprint density at radius 3 is 2.44 bits per heavy atom. The summed E-state index contributed by atoms with van der Waals surface area (Å²) in [5.41, 5.74) is 2.43. The number of primary sulfonamides is 1. The van der Waals surface area contributed by atoms with Crippen molar-refractivity contribution in [1.82, 2.24) is 0 Å². The lowest BCUT2D eigenvalue weighted by atomic mass is 10.0. The van der Waals surface area contributed by atoms with E-state index in [-0.39, 0.29) is 10.9 Å². The summed E-state index contributed by atoms with van der Waals surface area (Å²) in [4.78, 5) is 4.19. The van der Waals surface area contributed by atoms with Crippen LogP contribution in [0, 0.1) is 0 Å². The highest BCUT2D eigenvalue weighted by atomic mass is 32.2. The third-order valence-corrected chi connectivity index (χ3v) is 5.81. The van der Waals surface area contributed by atoms with E-state index in [2.05, 4.69) is 47.6 Å². The summed E-state index contributed by atoms with van der Waals surface area (Å²) < 4.78 is 22.7. The summed E-state index contributed by atoms with van der Waals surface area (Å²) >= 11 is 1.67. The van der Waals surface area contributed by atoms with Gasteiger partial charge < -0.3 is 0 Å². The van der Waals surface area contributed by atoms with Gasteiger partial charge in [0.05, 0.1) is 4.88 Å². The van der Waals surface area contributed by atoms with Crippen LogP contribution in [0.25, 0.3) is 0 Å². The first-order valence-corrected chi connectivity index (χ1v) is 10.3. The number of aromatic nitrogens is 1. The van der Waals surface area contributed by atoms with E-state index in [0.29, 0.717) is 5.82 Å². The number of anilines is 1. The van der Waals surface area contributed by atoms with Gasteiger partial charge in [-0.15, -0.1) is 11.3 Å². The van der Waals surface area contributed by atoms with E-state index in [1.807, 2.05) is 11.4 Å². The highest BCUT2D eigenvalue weighted by Gasteiger charge is 2.21. The molecule has 0 amide bonds. The SMILES string of the molecule is CCc1ccc([C@@H](Nc2ccc(S(N)(=O)=O)c[nH+]2)c2cccs2)cc1. The van der Waals surface area contributed by atoms with E-state index >= 15 is 0 Å². The predicted octanol–water partition coefficient (Wildman–Crippen LogP) is 2.97. The summed E-state index contributed by atoms with van der Waals surface area (Å²) in [6.45, 7) is 2.13. The molecule has 0 saturated heterocycles. The van der Waals surface area contributed by atoms with Crippen molar-refractivity contribution in [2.45, 2.75) is 24.3 Å². The van der Waals surface area contributed by atoms with Gasteiger partial charge in [-0.3, -0.25) is 5.32 Å². The van der Waals surface area contributed by atoms with Crippen molar-refractivity contribution in [3.05, 3.63) is 76.1 Å². The predicted molar refractivity (Wildman–Crippen MR) is 100.0 cm³/mol. The van der Waals surface area contributed by atoms with Gasteiger partial charge in [0.15, 0.2) is 6.04 Å². The summed E-state index contributed by atoms with van der Waals surface area (Å²) in [6.07, 6.45) is 2.39. The molecule has 7 heteroatoms. The lowest BCUT2D eigenvalue weighted by Gasteiger charge is -2.14. The van der Waals surface area contributed by atoms with E-state index in [4.69, 9.17) is 5.14 Å². The molecule has 25 heavy (non-hydrogen) atoms. The number of hydrogen-bond donors (Lipinski definition) is 2. The zero-order valence-electron chi connectivity index (χ0n) is 13.8. The Balaban J connectivity index is 1.90. The van der Waals surface area contributed by atoms with Crippen LogP contribution in [-0.4, -0.2) is 8.42 Å². The molecular weight excluding hydrogens is 354 g/mol. The first-order chi connectivity index (χ1) is 12.0. The molecule has 2 aromatic heterocycles. The Bertz CT molecular complexity index is 919. The van der Waals surface area contributed by atoms with Crippen molar-refractivity contribution in [2.75, 3.05) is 5.32 Å². The molecule has 4 N–H and O–H groups in total. The first-order valence-electron chi connectivity index (χ1n) is 7.90. The lowest BCUT2D eigenvalue weighted by molar-refractivity contribution is -0.364. The van der Waals surface area contributed by atoms with Crippen molar-refractivity contribution in [2.24, 2.45) is 5.14 Å². The summed E-state index contributed by atoms with van der Waals surface area (Å²) in [7, 11) is -3.71. The number of aryl methyl sites for hydroxylation is 1. The Morgan fingerprint density at radius 1 is 1.16 bits per heavy atom. The highest BCUT2D eigenvalue weighted by Crippen LogP contribution is 2.29. The van der Waals surface area contributed by atoms with Crippen LogP contribution in [0.5, 0.6) is 0 Å². The zero-order valence-corrected chi connectivity index (χ0v) is 15.4. The van der Waals surface area contributed by atoms with Gasteiger partial charge in [-0.2, -0.15) is 0 Å². The number of pyridine rings is 1. The minimum Gasteiger partial charge on any atom is -0.262 e. The van der Waals surface area contributed by atoms with Gasteiger partial charge in [-0.05, 0) is 29.5 Å². The van der Waals surface area contributed by atoms with Crippen LogP contribution in [0.4, 0.5) is 5.82 Å². The molecular formula is C18H20N3O2S2+. The molecule has 5 nitrogen and oxygen atoms in total. The van der Waals surface area contributed by atoms with Crippen molar-refractivity contribution in [3.8, 4) is 0 Å². The average Bonchev–Trinajstić information content (AvgIpc) is 3.14. The van der Waals surface area contributed by atoms with Gasteiger partial charge in [0.1, 0.15) is 11.1 Å². The summed E-state index contributed by atoms with van der Waals surface area (Å²) in [5.74, 6) is 0.713. The largest absolute Gasteiger partial charge is 0.273 e. The fraction of sp³-hybridized carbons (Fsp3) is 0.167. The maximum Gasteiger partial charge on any atom is 0.273 e. The van der Waals surface area contributed by atoms with E-state index in [0.717, 1.165) is 12.0 Å². The molecule has 1 atom stereocenters. The van der Waals surface area contributed by atoms with Crippen LogP contribution < -0.4 is 15.4 Å². The van der Waals surface area contributed by atoms with Gasteiger partial charge >= 0.3 is 0 Å². The molecule has 0 unspecified atom stereocenters. The van der Waals surface area contributed by atoms with Crippen LogP contribution in [0.3, 0.4) is 0 Å². The number of benzene rings is 1. The standard InChI is InChI=1S/C18H19N3O2S2/c1-2-13-5-7-14(8-6-13)18(16-4-3-11-24-16)21-17-10-9-15(12-20-17)25(19,22)23/h3-12,18H,2H2,1H3,(H,20,21)(H2,19,22,23)/p+1/t18-/m1/s1. The number of hydrogen-bond acceptors (Lipinski definition) is 4. The molecule has 3 aromatic rings. The number of H-pyrrole nitrogens is 1. The van der Waals surface area contributed by atoms with E-state index in [1.54, 1.807) is 17.4 Å². The maximum atomic E-state index is 11.4. The van der Waals surface area contributed by atoms with Gasteiger partial charge in [0.2, 0.25) is 10.0 Å². The Morgan fingerprint density at radius 2 is 1.92 bits per heavy atom. The summed E-state index contributed by atoms with van der Waals surface area (Å²) in [5, 5.41) is 10.6. The van der Waals surface area contributed by atoms with Gasteiger partial charge in [-0.1, -0.05) is 37.3 Å². The van der Waals surface area contributed by atoms with Gasteiger partial charge in [-0.25, -0.2) is 18.5 Å². The number of thiophene rings is 1. The molecule has 130 valence electrons. The normalized spacial score (nSPS) is 12.7. The third kappa shape index (κ3) is 4.25. The fourth-order valence-electron chi connectivity index (χ4n) is 2.55. The molecule has 0 spiro atoms. The fourth-order valence-corrected chi connectivity index (χ4v) is 3.84. The van der Waals surface area contributed by atoms with Gasteiger partial charge in [0.25, 0.3) is 5.82 Å². The molecule has 1 aromatic carbocycles.